The van der Waals surface area contributed by atoms with Crippen molar-refractivity contribution in [3.8, 4) is 0 Å². The van der Waals surface area contributed by atoms with E-state index in [0.717, 1.165) is 24.7 Å². The van der Waals surface area contributed by atoms with Crippen LogP contribution in [0.25, 0.3) is 0 Å². The molecule has 0 spiro atoms. The molecule has 0 saturated carbocycles. The Balaban J connectivity index is 3.63. The molecule has 0 saturated heterocycles. The Morgan fingerprint density at radius 2 is 1.28 bits per heavy atom. The van der Waals surface area contributed by atoms with Gasteiger partial charge in [0.1, 0.15) is 18.3 Å². The number of ether oxygens (including phenoxy) is 3. The van der Waals surface area contributed by atoms with E-state index in [2.05, 4.69) is 33.8 Å². The second-order valence-corrected chi connectivity index (χ2v) is 9.46. The van der Waals surface area contributed by atoms with Crippen LogP contribution in [-0.4, -0.2) is 85.0 Å². The highest BCUT2D eigenvalue weighted by molar-refractivity contribution is 4.97. The highest BCUT2D eigenvalue weighted by atomic mass is 16.5. The van der Waals surface area contributed by atoms with Gasteiger partial charge in [-0.3, -0.25) is 0 Å². The molecule has 0 aromatic rings. The van der Waals surface area contributed by atoms with Gasteiger partial charge in [0, 0.05) is 0 Å². The van der Waals surface area contributed by atoms with Crippen LogP contribution in [-0.2, 0) is 14.2 Å². The first kappa shape index (κ1) is 31.5. The third-order valence-corrected chi connectivity index (χ3v) is 5.26. The van der Waals surface area contributed by atoms with Gasteiger partial charge in [0.05, 0.1) is 46.2 Å². The Kier molecular flexibility index (Phi) is 20.7. The molecule has 0 aliphatic carbocycles. The summed E-state index contributed by atoms with van der Waals surface area (Å²) < 4.78 is 15.8. The molecule has 0 radical (unpaired) electrons. The molecule has 0 fully saturated rings. The molecule has 7 nitrogen and oxygen atoms in total. The number of allylic oxidation sites excluding steroid dienone is 1. The Bertz CT molecular complexity index is 442. The average molecular weight is 463 g/mol. The lowest BCUT2D eigenvalue weighted by Gasteiger charge is -2.15. The van der Waals surface area contributed by atoms with Crippen LogP contribution < -0.4 is 0 Å². The number of aliphatic hydroxyl groups excluding tert-OH is 4. The molecule has 32 heavy (non-hydrogen) atoms. The monoisotopic (exact) mass is 462 g/mol. The molecule has 0 aliphatic rings. The van der Waals surface area contributed by atoms with E-state index < -0.39 is 18.3 Å². The topological polar surface area (TPSA) is 109 Å². The Morgan fingerprint density at radius 1 is 0.750 bits per heavy atom. The predicted octanol–water partition coefficient (Wildman–Crippen LogP) is 3.08. The van der Waals surface area contributed by atoms with Crippen molar-refractivity contribution in [2.75, 3.05) is 46.2 Å². The first-order valence-corrected chi connectivity index (χ1v) is 12.3. The zero-order valence-corrected chi connectivity index (χ0v) is 20.9. The maximum atomic E-state index is 9.87. The maximum absolute atomic E-state index is 9.87. The Hall–Kier alpha value is -0.540. The third kappa shape index (κ3) is 21.3. The summed E-state index contributed by atoms with van der Waals surface area (Å²) in [4.78, 5) is 0. The third-order valence-electron chi connectivity index (χ3n) is 5.26. The van der Waals surface area contributed by atoms with Gasteiger partial charge < -0.3 is 34.6 Å². The number of rotatable bonds is 22. The van der Waals surface area contributed by atoms with Crippen LogP contribution in [0.1, 0.15) is 72.6 Å². The van der Waals surface area contributed by atoms with Gasteiger partial charge in [-0.15, -0.1) is 0 Å². The zero-order chi connectivity index (χ0) is 24.2. The van der Waals surface area contributed by atoms with E-state index in [1.165, 1.54) is 37.7 Å². The summed E-state index contributed by atoms with van der Waals surface area (Å²) in [5.41, 5.74) is 1.40. The normalized spacial score (nSPS) is 16.3. The van der Waals surface area contributed by atoms with E-state index in [9.17, 15) is 10.2 Å². The second-order valence-electron chi connectivity index (χ2n) is 9.46. The molecule has 0 heterocycles. The predicted molar refractivity (Wildman–Crippen MR) is 128 cm³/mol. The number of hydrogen-bond donors (Lipinski definition) is 4. The van der Waals surface area contributed by atoms with Crippen molar-refractivity contribution >= 4 is 0 Å². The SMILES string of the molecule is C/C(=C\CCOCC(O)COCC(O)COCC(O)CO)CCCC(C)CCCC(C)C. The van der Waals surface area contributed by atoms with Crippen molar-refractivity contribution in [3.63, 3.8) is 0 Å². The summed E-state index contributed by atoms with van der Waals surface area (Å²) >= 11 is 0. The molecule has 0 aromatic heterocycles. The lowest BCUT2D eigenvalue weighted by atomic mass is 9.94. The van der Waals surface area contributed by atoms with E-state index in [4.69, 9.17) is 24.4 Å². The smallest absolute Gasteiger partial charge is 0.101 e. The molecule has 4 unspecified atom stereocenters. The van der Waals surface area contributed by atoms with Crippen LogP contribution >= 0.6 is 0 Å². The van der Waals surface area contributed by atoms with Gasteiger partial charge in [-0.2, -0.15) is 0 Å². The van der Waals surface area contributed by atoms with Gasteiger partial charge in [-0.05, 0) is 38.0 Å². The number of aliphatic hydroxyl groups is 4. The molecule has 0 rings (SSSR count). The molecule has 0 amide bonds. The molecular formula is C25H50O7. The molecule has 0 aliphatic heterocycles. The molecule has 7 heteroatoms. The minimum absolute atomic E-state index is 0.00755. The van der Waals surface area contributed by atoms with E-state index in [-0.39, 0.29) is 39.6 Å². The minimum Gasteiger partial charge on any atom is -0.394 e. The van der Waals surface area contributed by atoms with Crippen LogP contribution in [0.3, 0.4) is 0 Å². The van der Waals surface area contributed by atoms with Crippen molar-refractivity contribution in [3.05, 3.63) is 11.6 Å². The van der Waals surface area contributed by atoms with Crippen molar-refractivity contribution in [2.45, 2.75) is 91.0 Å². The Morgan fingerprint density at radius 3 is 1.84 bits per heavy atom. The first-order valence-electron chi connectivity index (χ1n) is 12.3. The molecule has 4 N–H and O–H groups in total. The largest absolute Gasteiger partial charge is 0.394 e. The quantitative estimate of drug-likeness (QED) is 0.145. The maximum Gasteiger partial charge on any atom is 0.101 e. The minimum atomic E-state index is -0.950. The van der Waals surface area contributed by atoms with Crippen molar-refractivity contribution < 1.29 is 34.6 Å². The highest BCUT2D eigenvalue weighted by Crippen LogP contribution is 2.19. The molecule has 0 aromatic carbocycles. The summed E-state index contributed by atoms with van der Waals surface area (Å²) in [6, 6.07) is 0. The fourth-order valence-corrected chi connectivity index (χ4v) is 3.29. The standard InChI is InChI=1S/C25H50O7/c1-20(2)8-5-9-21(3)10-6-11-22(4)12-7-13-30-16-24(28)17-32-19-25(29)18-31-15-23(27)14-26/h12,20-21,23-29H,5-11,13-19H2,1-4H3/b22-12+. The van der Waals surface area contributed by atoms with Crippen molar-refractivity contribution in [1.29, 1.82) is 0 Å². The van der Waals surface area contributed by atoms with Crippen molar-refractivity contribution in [2.24, 2.45) is 11.8 Å². The summed E-state index contributed by atoms with van der Waals surface area (Å²) in [5, 5.41) is 37.3. The highest BCUT2D eigenvalue weighted by Gasteiger charge is 2.10. The Labute approximate surface area is 195 Å². The van der Waals surface area contributed by atoms with E-state index in [0.29, 0.717) is 6.61 Å². The second kappa shape index (κ2) is 21.0. The van der Waals surface area contributed by atoms with E-state index in [1.54, 1.807) is 0 Å². The lowest BCUT2D eigenvalue weighted by Crippen LogP contribution is -2.29. The van der Waals surface area contributed by atoms with Gasteiger partial charge in [-0.25, -0.2) is 0 Å². The van der Waals surface area contributed by atoms with E-state index in [1.807, 2.05) is 0 Å². The fraction of sp³-hybridized carbons (Fsp3) is 0.920. The van der Waals surface area contributed by atoms with Crippen LogP contribution in [0.4, 0.5) is 0 Å². The van der Waals surface area contributed by atoms with Crippen LogP contribution in [0.5, 0.6) is 0 Å². The first-order chi connectivity index (χ1) is 15.2. The molecular weight excluding hydrogens is 412 g/mol. The van der Waals surface area contributed by atoms with Crippen molar-refractivity contribution in [1.82, 2.24) is 0 Å². The van der Waals surface area contributed by atoms with Crippen LogP contribution in [0.2, 0.25) is 0 Å². The van der Waals surface area contributed by atoms with Crippen LogP contribution in [0.15, 0.2) is 11.6 Å². The molecule has 4 atom stereocenters. The lowest BCUT2D eigenvalue weighted by molar-refractivity contribution is -0.0672. The van der Waals surface area contributed by atoms with Gasteiger partial charge in [-0.1, -0.05) is 58.1 Å². The van der Waals surface area contributed by atoms with Gasteiger partial charge in [0.2, 0.25) is 0 Å². The molecule has 192 valence electrons. The summed E-state index contributed by atoms with van der Waals surface area (Å²) in [6.07, 6.45) is 8.17. The van der Waals surface area contributed by atoms with Crippen LogP contribution in [0, 0.1) is 11.8 Å². The summed E-state index contributed by atoms with van der Waals surface area (Å²) in [7, 11) is 0. The fourth-order valence-electron chi connectivity index (χ4n) is 3.29. The molecule has 0 bridgehead atoms. The van der Waals surface area contributed by atoms with Gasteiger partial charge in [0.15, 0.2) is 0 Å². The number of hydrogen-bond acceptors (Lipinski definition) is 7. The summed E-state index contributed by atoms with van der Waals surface area (Å²) in [6.45, 7) is 9.51. The summed E-state index contributed by atoms with van der Waals surface area (Å²) in [5.74, 6) is 1.61. The zero-order valence-electron chi connectivity index (χ0n) is 20.9. The average Bonchev–Trinajstić information content (AvgIpc) is 2.73. The van der Waals surface area contributed by atoms with Gasteiger partial charge >= 0.3 is 0 Å². The van der Waals surface area contributed by atoms with Gasteiger partial charge in [0.25, 0.3) is 0 Å². The van der Waals surface area contributed by atoms with E-state index >= 15 is 0 Å².